The third-order valence-electron chi connectivity index (χ3n) is 2.28. The van der Waals surface area contributed by atoms with Crippen LogP contribution in [0.1, 0.15) is 6.42 Å². The third kappa shape index (κ3) is 1.05. The van der Waals surface area contributed by atoms with Gasteiger partial charge in [-0.3, -0.25) is 9.59 Å². The predicted molar refractivity (Wildman–Crippen MR) is 41.5 cm³/mol. The quantitative estimate of drug-likeness (QED) is 0.347. The molecule has 2 heterocycles. The first kappa shape index (κ1) is 7.80. The van der Waals surface area contributed by atoms with Gasteiger partial charge in [0.15, 0.2) is 0 Å². The van der Waals surface area contributed by atoms with E-state index in [0.29, 0.717) is 6.42 Å². The van der Waals surface area contributed by atoms with Crippen LogP contribution in [0.25, 0.3) is 0 Å². The summed E-state index contributed by atoms with van der Waals surface area (Å²) in [6.07, 6.45) is 3.82. The molecule has 0 spiro atoms. The first-order valence-corrected chi connectivity index (χ1v) is 4.14. The summed E-state index contributed by atoms with van der Waals surface area (Å²) in [5.74, 6) is -1.14. The molecular weight excluding hydrogens is 180 g/mol. The SMILES string of the molecule is O=C1O[C@@H]2C=C[C@H]1[C@@H](C(=O)Cl)C2. The van der Waals surface area contributed by atoms with Gasteiger partial charge in [0, 0.05) is 6.42 Å². The Morgan fingerprint density at radius 3 is 2.75 bits per heavy atom. The van der Waals surface area contributed by atoms with Crippen LogP contribution in [0.2, 0.25) is 0 Å². The Labute approximate surface area is 74.3 Å². The molecular formula is C8H7ClO3. The maximum absolute atomic E-state index is 11.1. The highest BCUT2D eigenvalue weighted by molar-refractivity contribution is 6.64. The second-order valence-electron chi connectivity index (χ2n) is 3.03. The molecule has 0 aromatic heterocycles. The maximum atomic E-state index is 11.1. The van der Waals surface area contributed by atoms with Gasteiger partial charge < -0.3 is 4.74 Å². The number of halogens is 1. The summed E-state index contributed by atoms with van der Waals surface area (Å²) in [4.78, 5) is 21.9. The molecule has 2 aliphatic heterocycles. The molecule has 3 rings (SSSR count). The van der Waals surface area contributed by atoms with Crippen LogP contribution in [0.15, 0.2) is 12.2 Å². The lowest BCUT2D eigenvalue weighted by Crippen LogP contribution is -2.42. The molecule has 1 aliphatic carbocycles. The van der Waals surface area contributed by atoms with E-state index in [9.17, 15) is 9.59 Å². The number of ether oxygens (including phenoxy) is 1. The van der Waals surface area contributed by atoms with E-state index < -0.39 is 11.2 Å². The van der Waals surface area contributed by atoms with Crippen molar-refractivity contribution in [2.45, 2.75) is 12.5 Å². The van der Waals surface area contributed by atoms with E-state index in [1.54, 1.807) is 6.08 Å². The molecule has 3 atom stereocenters. The lowest BCUT2D eigenvalue weighted by Gasteiger charge is -2.34. The molecule has 3 aliphatic rings. The Morgan fingerprint density at radius 2 is 2.33 bits per heavy atom. The van der Waals surface area contributed by atoms with Crippen LogP contribution >= 0.6 is 11.6 Å². The molecule has 12 heavy (non-hydrogen) atoms. The minimum Gasteiger partial charge on any atom is -0.458 e. The predicted octanol–water partition coefficient (Wildman–Crippen LogP) is 0.870. The summed E-state index contributed by atoms with van der Waals surface area (Å²) in [5.41, 5.74) is 0. The van der Waals surface area contributed by atoms with Crippen LogP contribution in [-0.2, 0) is 14.3 Å². The summed E-state index contributed by atoms with van der Waals surface area (Å²) in [6.45, 7) is 0. The van der Waals surface area contributed by atoms with E-state index >= 15 is 0 Å². The first-order valence-electron chi connectivity index (χ1n) is 3.76. The highest BCUT2D eigenvalue weighted by Gasteiger charge is 2.42. The van der Waals surface area contributed by atoms with Crippen molar-refractivity contribution < 1.29 is 14.3 Å². The number of hydrogen-bond acceptors (Lipinski definition) is 3. The number of rotatable bonds is 1. The van der Waals surface area contributed by atoms with Gasteiger partial charge in [0.2, 0.25) is 5.24 Å². The van der Waals surface area contributed by atoms with E-state index in [-0.39, 0.29) is 18.0 Å². The smallest absolute Gasteiger partial charge is 0.314 e. The molecule has 0 aromatic rings. The minimum atomic E-state index is -0.444. The average Bonchev–Trinajstić information content (AvgIpc) is 2.04. The van der Waals surface area contributed by atoms with Crippen molar-refractivity contribution in [3.63, 3.8) is 0 Å². The van der Waals surface area contributed by atoms with Crippen molar-refractivity contribution in [3.8, 4) is 0 Å². The molecule has 1 saturated heterocycles. The number of fused-ring (bicyclic) bond motifs is 2. The molecule has 0 aromatic carbocycles. The fraction of sp³-hybridized carbons (Fsp3) is 0.500. The van der Waals surface area contributed by atoms with E-state index in [1.165, 1.54) is 0 Å². The minimum absolute atomic E-state index is 0.241. The zero-order valence-electron chi connectivity index (χ0n) is 6.20. The summed E-state index contributed by atoms with van der Waals surface area (Å²) in [7, 11) is 0. The Morgan fingerprint density at radius 1 is 1.58 bits per heavy atom. The van der Waals surface area contributed by atoms with Crippen molar-refractivity contribution in [2.75, 3.05) is 0 Å². The zero-order chi connectivity index (χ0) is 8.72. The summed E-state index contributed by atoms with van der Waals surface area (Å²) in [6, 6.07) is 0. The van der Waals surface area contributed by atoms with Crippen molar-refractivity contribution in [3.05, 3.63) is 12.2 Å². The van der Waals surface area contributed by atoms with Crippen molar-refractivity contribution in [2.24, 2.45) is 11.8 Å². The molecule has 0 saturated carbocycles. The topological polar surface area (TPSA) is 43.4 Å². The van der Waals surface area contributed by atoms with Crippen LogP contribution in [0.5, 0.6) is 0 Å². The number of hydrogen-bond donors (Lipinski definition) is 0. The van der Waals surface area contributed by atoms with Gasteiger partial charge in [0.1, 0.15) is 6.10 Å². The highest BCUT2D eigenvalue weighted by atomic mass is 35.5. The van der Waals surface area contributed by atoms with E-state index in [1.807, 2.05) is 6.08 Å². The van der Waals surface area contributed by atoms with Gasteiger partial charge in [-0.05, 0) is 17.7 Å². The van der Waals surface area contributed by atoms with Crippen LogP contribution < -0.4 is 0 Å². The molecule has 0 unspecified atom stereocenters. The fourth-order valence-corrected chi connectivity index (χ4v) is 1.87. The van der Waals surface area contributed by atoms with E-state index in [0.717, 1.165) is 0 Å². The van der Waals surface area contributed by atoms with E-state index in [2.05, 4.69) is 0 Å². The molecule has 0 N–H and O–H groups in total. The molecule has 1 fully saturated rings. The Balaban J connectivity index is 2.28. The van der Waals surface area contributed by atoms with Gasteiger partial charge in [-0.15, -0.1) is 0 Å². The van der Waals surface area contributed by atoms with Crippen molar-refractivity contribution >= 4 is 22.8 Å². The maximum Gasteiger partial charge on any atom is 0.314 e. The summed E-state index contributed by atoms with van der Waals surface area (Å²) >= 11 is 5.34. The second-order valence-corrected chi connectivity index (χ2v) is 3.40. The highest BCUT2D eigenvalue weighted by Crippen LogP contribution is 2.34. The van der Waals surface area contributed by atoms with Crippen LogP contribution in [0, 0.1) is 11.8 Å². The lowest BCUT2D eigenvalue weighted by atomic mass is 9.81. The molecule has 2 bridgehead atoms. The van der Waals surface area contributed by atoms with Gasteiger partial charge >= 0.3 is 5.97 Å². The molecule has 4 heteroatoms. The van der Waals surface area contributed by atoms with Crippen LogP contribution in [-0.4, -0.2) is 17.3 Å². The number of carbonyl (C=O) groups excluding carboxylic acids is 2. The molecule has 64 valence electrons. The molecule has 0 amide bonds. The second kappa shape index (κ2) is 2.59. The number of carbonyl (C=O) groups is 2. The Bertz CT molecular complexity index is 271. The standard InChI is InChI=1S/C8H7ClO3/c9-7(10)6-3-4-1-2-5(6)8(11)12-4/h1-2,4-6H,3H2/t4-,5+,6+/m1/s1. The van der Waals surface area contributed by atoms with Crippen LogP contribution in [0.3, 0.4) is 0 Å². The van der Waals surface area contributed by atoms with Gasteiger partial charge in [-0.25, -0.2) is 0 Å². The summed E-state index contributed by atoms with van der Waals surface area (Å²) in [5, 5.41) is -0.439. The largest absolute Gasteiger partial charge is 0.458 e. The normalized spacial score (nSPS) is 38.1. The first-order chi connectivity index (χ1) is 5.68. The van der Waals surface area contributed by atoms with E-state index in [4.69, 9.17) is 16.3 Å². The molecule has 3 nitrogen and oxygen atoms in total. The zero-order valence-corrected chi connectivity index (χ0v) is 6.95. The van der Waals surface area contributed by atoms with Gasteiger partial charge in [-0.1, -0.05) is 6.08 Å². The van der Waals surface area contributed by atoms with Crippen LogP contribution in [0.4, 0.5) is 0 Å². The molecule has 0 radical (unpaired) electrons. The lowest BCUT2D eigenvalue weighted by molar-refractivity contribution is -0.162. The van der Waals surface area contributed by atoms with Gasteiger partial charge in [0.25, 0.3) is 0 Å². The van der Waals surface area contributed by atoms with Crippen molar-refractivity contribution in [1.82, 2.24) is 0 Å². The third-order valence-corrected chi connectivity index (χ3v) is 2.56. The Hall–Kier alpha value is -0.830. The monoisotopic (exact) mass is 186 g/mol. The average molecular weight is 187 g/mol. The summed E-state index contributed by atoms with van der Waals surface area (Å²) < 4.78 is 4.93. The van der Waals surface area contributed by atoms with Gasteiger partial charge in [0.05, 0.1) is 11.8 Å². The number of esters is 1. The van der Waals surface area contributed by atoms with Crippen molar-refractivity contribution in [1.29, 1.82) is 0 Å². The van der Waals surface area contributed by atoms with Gasteiger partial charge in [-0.2, -0.15) is 0 Å². The fourth-order valence-electron chi connectivity index (χ4n) is 1.65. The Kier molecular flexibility index (Phi) is 1.68.